The number of esters is 4. The lowest BCUT2D eigenvalue weighted by Gasteiger charge is -2.45. The Hall–Kier alpha value is -2.45. The molecule has 4 unspecified atom stereocenters. The number of carbonyl (C=O) groups excluding carboxylic acids is 4. The fourth-order valence-electron chi connectivity index (χ4n) is 5.50. The molecule has 1 heterocycles. The van der Waals surface area contributed by atoms with Gasteiger partial charge in [-0.05, 0) is 88.5 Å². The van der Waals surface area contributed by atoms with E-state index in [1.807, 2.05) is 19.6 Å². The van der Waals surface area contributed by atoms with E-state index in [2.05, 4.69) is 32.9 Å². The highest BCUT2D eigenvalue weighted by atomic mass is 28.5. The summed E-state index contributed by atoms with van der Waals surface area (Å²) in [4.78, 5) is 46.7. The van der Waals surface area contributed by atoms with Crippen LogP contribution in [0.25, 0.3) is 0 Å². The minimum atomic E-state index is -3.11. The molecule has 0 N–H and O–H groups in total. The first-order chi connectivity index (χ1) is 22.6. The lowest BCUT2D eigenvalue weighted by Crippen LogP contribution is -2.60. The van der Waals surface area contributed by atoms with Crippen LogP contribution in [0.1, 0.15) is 38.5 Å². The van der Waals surface area contributed by atoms with Crippen molar-refractivity contribution in [3.63, 3.8) is 0 Å². The summed E-state index contributed by atoms with van der Waals surface area (Å²) in [7, 11) is -11.5. The van der Waals surface area contributed by atoms with Crippen LogP contribution < -0.4 is 0 Å². The van der Waals surface area contributed by atoms with Gasteiger partial charge < -0.3 is 35.7 Å². The van der Waals surface area contributed by atoms with Crippen LogP contribution >= 0.6 is 0 Å². The Morgan fingerprint density at radius 1 is 0.542 bits per heavy atom. The highest BCUT2D eigenvalue weighted by molar-refractivity contribution is 6.89. The van der Waals surface area contributed by atoms with Crippen molar-refractivity contribution < 1.29 is 54.9 Å². The second-order valence-electron chi connectivity index (χ2n) is 12.4. The minimum absolute atomic E-state index is 0.170. The highest BCUT2D eigenvalue weighted by Crippen LogP contribution is 2.36. The van der Waals surface area contributed by atoms with E-state index in [1.54, 1.807) is 0 Å². The summed E-state index contributed by atoms with van der Waals surface area (Å²) in [5.41, 5.74) is 0. The Balaban J connectivity index is 3.41. The van der Waals surface area contributed by atoms with Crippen molar-refractivity contribution in [1.82, 2.24) is 0 Å². The van der Waals surface area contributed by atoms with Crippen molar-refractivity contribution in [1.29, 1.82) is 0 Å². The molecule has 1 saturated heterocycles. The molecule has 4 atom stereocenters. The molecule has 1 fully saturated rings. The summed E-state index contributed by atoms with van der Waals surface area (Å²) in [6.07, 6.45) is 8.42. The lowest BCUT2D eigenvalue weighted by atomic mass is 10.4. The number of hydrogen-bond donors (Lipinski definition) is 0. The second-order valence-corrected chi connectivity index (χ2v) is 27.3. The first kappa shape index (κ1) is 43.6. The van der Waals surface area contributed by atoms with Gasteiger partial charge in [-0.1, -0.05) is 32.7 Å². The van der Waals surface area contributed by atoms with Gasteiger partial charge in [0.25, 0.3) is 0 Å². The third-order valence-corrected chi connectivity index (χ3v) is 25.7. The summed E-state index contributed by atoms with van der Waals surface area (Å²) < 4.78 is 49.1. The highest BCUT2D eigenvalue weighted by Gasteiger charge is 2.50. The maximum atomic E-state index is 11.7. The molecule has 0 bridgehead atoms. The van der Waals surface area contributed by atoms with Crippen LogP contribution in [0.3, 0.4) is 0 Å². The van der Waals surface area contributed by atoms with Crippen LogP contribution in [0.4, 0.5) is 0 Å². The fraction of sp³-hybridized carbons (Fsp3) is 0.625. The number of ether oxygens (including phenoxy) is 4. The van der Waals surface area contributed by atoms with Crippen molar-refractivity contribution in [2.75, 3.05) is 33.0 Å². The fourth-order valence-corrected chi connectivity index (χ4v) is 26.4. The Bertz CT molecular complexity index is 1020. The third kappa shape index (κ3) is 18.3. The summed E-state index contributed by atoms with van der Waals surface area (Å²) >= 11 is 0. The zero-order valence-corrected chi connectivity index (χ0v) is 33.4. The van der Waals surface area contributed by atoms with Crippen molar-refractivity contribution in [3.05, 3.63) is 50.6 Å². The molecule has 16 heteroatoms. The molecule has 272 valence electrons. The Kier molecular flexibility index (Phi) is 20.2. The van der Waals surface area contributed by atoms with Gasteiger partial charge in [0, 0.05) is 30.9 Å². The van der Waals surface area contributed by atoms with Crippen LogP contribution in [0.5, 0.6) is 0 Å². The van der Waals surface area contributed by atoms with Gasteiger partial charge in [-0.2, -0.15) is 0 Å². The molecule has 48 heavy (non-hydrogen) atoms. The van der Waals surface area contributed by atoms with E-state index >= 15 is 0 Å². The van der Waals surface area contributed by atoms with Crippen LogP contribution in [-0.2, 0) is 54.9 Å². The maximum absolute atomic E-state index is 11.7. The second kappa shape index (κ2) is 22.3. The molecule has 0 aromatic heterocycles. The van der Waals surface area contributed by atoms with Gasteiger partial charge in [0.2, 0.25) is 0 Å². The molecule has 0 radical (unpaired) electrons. The van der Waals surface area contributed by atoms with Crippen molar-refractivity contribution in [2.24, 2.45) is 0 Å². The van der Waals surface area contributed by atoms with E-state index in [9.17, 15) is 19.2 Å². The van der Waals surface area contributed by atoms with Gasteiger partial charge in [0.1, 0.15) is 0 Å². The predicted octanol–water partition coefficient (Wildman–Crippen LogP) is 6.12. The average Bonchev–Trinajstić information content (AvgIpc) is 3.04. The van der Waals surface area contributed by atoms with E-state index in [0.29, 0.717) is 50.4 Å². The molecule has 1 aliphatic rings. The number of rotatable bonds is 20. The smallest absolute Gasteiger partial charge is 0.330 e. The largest absolute Gasteiger partial charge is 0.463 e. The van der Waals surface area contributed by atoms with E-state index in [4.69, 9.17) is 35.7 Å². The van der Waals surface area contributed by atoms with E-state index < -0.39 is 57.9 Å². The van der Waals surface area contributed by atoms with E-state index in [1.165, 1.54) is 0 Å². The monoisotopic (exact) mass is 744 g/mol. The summed E-state index contributed by atoms with van der Waals surface area (Å²) in [6, 6.07) is 3.22. The van der Waals surface area contributed by atoms with E-state index in [0.717, 1.165) is 49.2 Å². The number of hydrogen-bond acceptors (Lipinski definition) is 12. The zero-order valence-electron chi connectivity index (χ0n) is 29.4. The average molecular weight is 745 g/mol. The quantitative estimate of drug-likeness (QED) is 0.0467. The zero-order chi connectivity index (χ0) is 36.1. The predicted molar refractivity (Wildman–Crippen MR) is 192 cm³/mol. The first-order valence-corrected chi connectivity index (χ1v) is 27.0. The first-order valence-electron chi connectivity index (χ1n) is 16.6. The Labute approximate surface area is 290 Å². The maximum Gasteiger partial charge on any atom is 0.330 e. The topological polar surface area (TPSA) is 142 Å². The molecule has 0 spiro atoms. The Morgan fingerprint density at radius 3 is 1.31 bits per heavy atom. The van der Waals surface area contributed by atoms with Crippen LogP contribution in [-0.4, -0.2) is 90.9 Å². The van der Waals surface area contributed by atoms with Crippen LogP contribution in [0.2, 0.25) is 56.4 Å². The Morgan fingerprint density at radius 2 is 0.896 bits per heavy atom. The molecule has 0 aromatic carbocycles. The lowest BCUT2D eigenvalue weighted by molar-refractivity contribution is -0.138. The van der Waals surface area contributed by atoms with Gasteiger partial charge in [0.05, 0.1) is 26.4 Å². The normalized spacial score (nSPS) is 26.4. The molecule has 0 amide bonds. The number of carbonyl (C=O) groups is 4. The standard InChI is InChI=1S/C32H56O12Si4/c1-9-29(33)37-19-15-25-45(5)24-14-13-23-41-46(6,26-16-20-38-30(34)10-2)43-48(8,28-18-22-40-32(36)12-4)44-47(7,42-45)27-17-21-39-31(35)11-3/h9-12H,1-4,13-28H2,5-8H3. The molecule has 0 saturated carbocycles. The van der Waals surface area contributed by atoms with Gasteiger partial charge in [-0.15, -0.1) is 0 Å². The van der Waals surface area contributed by atoms with Crippen molar-refractivity contribution in [2.45, 2.75) is 94.9 Å². The van der Waals surface area contributed by atoms with E-state index in [-0.39, 0.29) is 26.4 Å². The van der Waals surface area contributed by atoms with Crippen molar-refractivity contribution >= 4 is 57.9 Å². The molecule has 12 nitrogen and oxygen atoms in total. The molecule has 1 aliphatic heterocycles. The summed E-state index contributed by atoms with van der Waals surface area (Å²) in [5, 5.41) is 0. The van der Waals surface area contributed by atoms with Crippen LogP contribution in [0.15, 0.2) is 50.6 Å². The van der Waals surface area contributed by atoms with Gasteiger partial charge in [-0.3, -0.25) is 0 Å². The SMILES string of the molecule is C=CC(=O)OCCC[Si]1(C)CCCCO[Si](C)(CCCOC(=O)C=C)O[Si](C)(CCCOC(=O)C=C)O[Si](C)(CCCOC(=O)C=C)O1. The van der Waals surface area contributed by atoms with Crippen molar-refractivity contribution in [3.8, 4) is 0 Å². The van der Waals surface area contributed by atoms with Crippen LogP contribution in [0, 0.1) is 0 Å². The third-order valence-electron chi connectivity index (χ3n) is 7.65. The molecule has 0 aliphatic carbocycles. The van der Waals surface area contributed by atoms with Gasteiger partial charge in [-0.25, -0.2) is 19.2 Å². The molecule has 1 rings (SSSR count). The summed E-state index contributed by atoms with van der Waals surface area (Å²) in [6.45, 7) is 23.4. The molecule has 0 aromatic rings. The molecular formula is C32H56O12Si4. The molecular weight excluding hydrogens is 689 g/mol. The minimum Gasteiger partial charge on any atom is -0.463 e. The summed E-state index contributed by atoms with van der Waals surface area (Å²) in [5.74, 6) is -1.94. The van der Waals surface area contributed by atoms with Gasteiger partial charge in [0.15, 0.2) is 8.32 Å². The van der Waals surface area contributed by atoms with Gasteiger partial charge >= 0.3 is 49.6 Å².